The molecule has 1 fully saturated rings. The molecule has 2 rings (SSSR count). The minimum atomic E-state index is 0.0988. The van der Waals surface area contributed by atoms with Gasteiger partial charge in [-0.2, -0.15) is 0 Å². The van der Waals surface area contributed by atoms with E-state index in [2.05, 4.69) is 27.0 Å². The first-order valence-corrected chi connectivity index (χ1v) is 10.1. The van der Waals surface area contributed by atoms with Crippen LogP contribution in [-0.4, -0.2) is 94.1 Å². The van der Waals surface area contributed by atoms with Crippen molar-refractivity contribution < 1.29 is 14.3 Å². The van der Waals surface area contributed by atoms with Gasteiger partial charge in [-0.05, 0) is 25.1 Å². The topological polar surface area (TPSA) is 69.6 Å². The van der Waals surface area contributed by atoms with E-state index < -0.39 is 0 Å². The molecule has 162 valence electrons. The molecular weight excluding hydrogens is 370 g/mol. The van der Waals surface area contributed by atoms with Crippen molar-refractivity contribution in [2.45, 2.75) is 19.9 Å². The molecule has 8 nitrogen and oxygen atoms in total. The molecule has 0 radical (unpaired) electrons. The van der Waals surface area contributed by atoms with Gasteiger partial charge in [0.15, 0.2) is 5.96 Å². The average molecular weight is 406 g/mol. The Kier molecular flexibility index (Phi) is 9.05. The fourth-order valence-corrected chi connectivity index (χ4v) is 3.27. The van der Waals surface area contributed by atoms with Gasteiger partial charge in [0.25, 0.3) is 0 Å². The molecule has 0 spiro atoms. The first-order chi connectivity index (χ1) is 14.0. The van der Waals surface area contributed by atoms with E-state index in [-0.39, 0.29) is 5.91 Å². The number of nitrogens with zero attached hydrogens (tertiary/aromatic N) is 4. The van der Waals surface area contributed by atoms with Crippen molar-refractivity contribution in [1.82, 2.24) is 20.0 Å². The number of rotatable bonds is 8. The maximum Gasteiger partial charge on any atom is 0.223 e. The number of methoxy groups -OCH3 is 2. The number of nitrogens with one attached hydrogen (secondary N) is 1. The van der Waals surface area contributed by atoms with Gasteiger partial charge in [0.1, 0.15) is 11.5 Å². The zero-order valence-corrected chi connectivity index (χ0v) is 18.4. The van der Waals surface area contributed by atoms with Crippen molar-refractivity contribution >= 4 is 11.9 Å². The summed E-state index contributed by atoms with van der Waals surface area (Å²) in [6.07, 6.45) is 0.428. The molecule has 29 heavy (non-hydrogen) atoms. The molecule has 1 aliphatic rings. The fourth-order valence-electron chi connectivity index (χ4n) is 3.27. The SMILES string of the molecule is CCNC(=NCCC(=O)N(C)C)N1CCN(Cc2cc(OC)ccc2OC)CC1. The van der Waals surface area contributed by atoms with Gasteiger partial charge in [0.2, 0.25) is 5.91 Å². The number of carbonyl (C=O) groups is 1. The Morgan fingerprint density at radius 1 is 1.17 bits per heavy atom. The molecule has 0 atom stereocenters. The Labute approximate surface area is 174 Å². The Bertz CT molecular complexity index is 685. The number of amides is 1. The number of piperazine rings is 1. The maximum absolute atomic E-state index is 11.8. The number of guanidine groups is 1. The largest absolute Gasteiger partial charge is 0.497 e. The molecule has 1 aromatic carbocycles. The van der Waals surface area contributed by atoms with Gasteiger partial charge in [-0.25, -0.2) is 0 Å². The molecule has 1 aliphatic heterocycles. The molecule has 0 aromatic heterocycles. The minimum absolute atomic E-state index is 0.0988. The number of benzene rings is 1. The molecule has 1 aromatic rings. The predicted octanol–water partition coefficient (Wildman–Crippen LogP) is 1.27. The van der Waals surface area contributed by atoms with E-state index >= 15 is 0 Å². The zero-order chi connectivity index (χ0) is 21.2. The third-order valence-electron chi connectivity index (χ3n) is 4.97. The lowest BCUT2D eigenvalue weighted by molar-refractivity contribution is -0.128. The van der Waals surface area contributed by atoms with Crippen LogP contribution in [0.1, 0.15) is 18.9 Å². The van der Waals surface area contributed by atoms with Crippen molar-refractivity contribution in [2.24, 2.45) is 4.99 Å². The summed E-state index contributed by atoms with van der Waals surface area (Å²) in [7, 11) is 6.92. The molecule has 1 N–H and O–H groups in total. The molecule has 0 bridgehead atoms. The summed E-state index contributed by atoms with van der Waals surface area (Å²) < 4.78 is 10.9. The Morgan fingerprint density at radius 3 is 2.48 bits per heavy atom. The highest BCUT2D eigenvalue weighted by Crippen LogP contribution is 2.25. The first-order valence-electron chi connectivity index (χ1n) is 10.1. The van der Waals surface area contributed by atoms with Gasteiger partial charge in [-0.15, -0.1) is 0 Å². The summed E-state index contributed by atoms with van der Waals surface area (Å²) in [5.74, 6) is 2.71. The van der Waals surface area contributed by atoms with Crippen LogP contribution in [0.25, 0.3) is 0 Å². The third kappa shape index (κ3) is 6.81. The van der Waals surface area contributed by atoms with E-state index in [1.807, 2.05) is 18.2 Å². The van der Waals surface area contributed by atoms with Crippen LogP contribution in [0, 0.1) is 0 Å². The predicted molar refractivity (Wildman–Crippen MR) is 116 cm³/mol. The third-order valence-corrected chi connectivity index (χ3v) is 4.97. The van der Waals surface area contributed by atoms with E-state index in [4.69, 9.17) is 9.47 Å². The highest BCUT2D eigenvalue weighted by Gasteiger charge is 2.21. The number of hydrogen-bond acceptors (Lipinski definition) is 5. The van der Waals surface area contributed by atoms with Crippen LogP contribution in [-0.2, 0) is 11.3 Å². The smallest absolute Gasteiger partial charge is 0.223 e. The van der Waals surface area contributed by atoms with Gasteiger partial charge in [-0.3, -0.25) is 14.7 Å². The van der Waals surface area contributed by atoms with Crippen molar-refractivity contribution in [3.8, 4) is 11.5 Å². The van der Waals surface area contributed by atoms with Crippen molar-refractivity contribution in [2.75, 3.05) is 67.6 Å². The number of hydrogen-bond donors (Lipinski definition) is 1. The Morgan fingerprint density at radius 2 is 1.90 bits per heavy atom. The second-order valence-corrected chi connectivity index (χ2v) is 7.21. The lowest BCUT2D eigenvalue weighted by Crippen LogP contribution is -2.52. The van der Waals surface area contributed by atoms with E-state index in [1.165, 1.54) is 0 Å². The fraction of sp³-hybridized carbons (Fsp3) is 0.619. The average Bonchev–Trinajstić information content (AvgIpc) is 2.73. The van der Waals surface area contributed by atoms with Crippen molar-refractivity contribution in [1.29, 1.82) is 0 Å². The van der Waals surface area contributed by atoms with E-state index in [0.717, 1.165) is 62.3 Å². The van der Waals surface area contributed by atoms with Gasteiger partial charge in [0, 0.05) is 65.3 Å². The Hall–Kier alpha value is -2.48. The molecule has 1 heterocycles. The number of aliphatic imine (C=N–C) groups is 1. The van der Waals surface area contributed by atoms with Crippen LogP contribution >= 0.6 is 0 Å². The maximum atomic E-state index is 11.8. The summed E-state index contributed by atoms with van der Waals surface area (Å²) in [6, 6.07) is 5.91. The van der Waals surface area contributed by atoms with Crippen LogP contribution in [0.4, 0.5) is 0 Å². The van der Waals surface area contributed by atoms with Gasteiger partial charge in [-0.1, -0.05) is 0 Å². The molecular formula is C21H35N5O3. The normalized spacial score (nSPS) is 15.2. The monoisotopic (exact) mass is 405 g/mol. The van der Waals surface area contributed by atoms with Gasteiger partial charge >= 0.3 is 0 Å². The van der Waals surface area contributed by atoms with E-state index in [1.54, 1.807) is 33.2 Å². The van der Waals surface area contributed by atoms with Crippen LogP contribution in [0.5, 0.6) is 11.5 Å². The molecule has 1 saturated heterocycles. The second-order valence-electron chi connectivity index (χ2n) is 7.21. The molecule has 0 unspecified atom stereocenters. The highest BCUT2D eigenvalue weighted by atomic mass is 16.5. The van der Waals surface area contributed by atoms with Crippen LogP contribution in [0.15, 0.2) is 23.2 Å². The van der Waals surface area contributed by atoms with E-state index in [0.29, 0.717) is 13.0 Å². The minimum Gasteiger partial charge on any atom is -0.497 e. The Balaban J connectivity index is 1.93. The van der Waals surface area contributed by atoms with Gasteiger partial charge < -0.3 is 24.6 Å². The molecule has 0 saturated carbocycles. The van der Waals surface area contributed by atoms with Crippen LogP contribution < -0.4 is 14.8 Å². The quantitative estimate of drug-likeness (QED) is 0.519. The lowest BCUT2D eigenvalue weighted by atomic mass is 10.1. The summed E-state index contributed by atoms with van der Waals surface area (Å²) in [5, 5.41) is 3.35. The van der Waals surface area contributed by atoms with Gasteiger partial charge in [0.05, 0.1) is 20.8 Å². The molecule has 1 amide bonds. The standard InChI is InChI=1S/C21H35N5O3/c1-6-22-21(23-10-9-20(27)24(2)3)26-13-11-25(12-14-26)16-17-15-18(28-4)7-8-19(17)29-5/h7-8,15H,6,9-14,16H2,1-5H3,(H,22,23). The summed E-state index contributed by atoms with van der Waals surface area (Å²) >= 11 is 0. The summed E-state index contributed by atoms with van der Waals surface area (Å²) in [6.45, 7) is 7.83. The summed E-state index contributed by atoms with van der Waals surface area (Å²) in [4.78, 5) is 22.7. The molecule has 8 heteroatoms. The van der Waals surface area contributed by atoms with Crippen molar-refractivity contribution in [3.05, 3.63) is 23.8 Å². The van der Waals surface area contributed by atoms with E-state index in [9.17, 15) is 4.79 Å². The molecule has 0 aliphatic carbocycles. The highest BCUT2D eigenvalue weighted by molar-refractivity contribution is 5.81. The first kappa shape index (κ1) is 22.8. The zero-order valence-electron chi connectivity index (χ0n) is 18.4. The van der Waals surface area contributed by atoms with Crippen LogP contribution in [0.2, 0.25) is 0 Å². The number of ether oxygens (including phenoxy) is 2. The lowest BCUT2D eigenvalue weighted by Gasteiger charge is -2.36. The van der Waals surface area contributed by atoms with Crippen molar-refractivity contribution in [3.63, 3.8) is 0 Å². The second kappa shape index (κ2) is 11.5. The number of carbonyl (C=O) groups excluding carboxylic acids is 1. The van der Waals surface area contributed by atoms with Crippen LogP contribution in [0.3, 0.4) is 0 Å². The summed E-state index contributed by atoms with van der Waals surface area (Å²) in [5.41, 5.74) is 1.13.